The predicted octanol–water partition coefficient (Wildman–Crippen LogP) is 2.80. The second-order valence-electron chi connectivity index (χ2n) is 4.73. The topological polar surface area (TPSA) is 29.3 Å². The Morgan fingerprint density at radius 2 is 1.94 bits per heavy atom. The molecule has 1 unspecified atom stereocenters. The molecule has 1 aromatic rings. The van der Waals surface area contributed by atoms with Gasteiger partial charge in [0.25, 0.3) is 0 Å². The predicted molar refractivity (Wildman–Crippen MR) is 64.0 cm³/mol. The number of alkyl halides is 3. The summed E-state index contributed by atoms with van der Waals surface area (Å²) in [4.78, 5) is 1.96. The standard InChI is InChI=1S/C13H17F3N2/c1-18(9-6-7-9)12(8-17)10-4-2-3-5-11(10)13(14,15)16/h2-5,9,12H,6-8,17H2,1H3. The molecule has 5 heteroatoms. The highest BCUT2D eigenvalue weighted by Gasteiger charge is 2.38. The molecule has 18 heavy (non-hydrogen) atoms. The molecule has 0 spiro atoms. The zero-order chi connectivity index (χ0) is 13.3. The maximum absolute atomic E-state index is 13.0. The van der Waals surface area contributed by atoms with Gasteiger partial charge in [-0.05, 0) is 31.5 Å². The number of halogens is 3. The Hall–Kier alpha value is -1.07. The third kappa shape index (κ3) is 2.67. The van der Waals surface area contributed by atoms with Crippen molar-refractivity contribution in [2.75, 3.05) is 13.6 Å². The average Bonchev–Trinajstić information content (AvgIpc) is 3.13. The Morgan fingerprint density at radius 3 is 2.44 bits per heavy atom. The number of benzene rings is 1. The van der Waals surface area contributed by atoms with Crippen molar-refractivity contribution in [1.82, 2.24) is 4.90 Å². The van der Waals surface area contributed by atoms with Gasteiger partial charge in [0.05, 0.1) is 5.56 Å². The molecule has 0 aliphatic heterocycles. The lowest BCUT2D eigenvalue weighted by Gasteiger charge is -2.29. The van der Waals surface area contributed by atoms with Crippen LogP contribution in [-0.2, 0) is 6.18 Å². The van der Waals surface area contributed by atoms with E-state index in [4.69, 9.17) is 5.73 Å². The van der Waals surface area contributed by atoms with Gasteiger partial charge in [-0.3, -0.25) is 4.90 Å². The molecule has 1 fully saturated rings. The number of likely N-dealkylation sites (N-methyl/N-ethyl adjacent to an activating group) is 1. The summed E-state index contributed by atoms with van der Waals surface area (Å²) in [7, 11) is 1.85. The van der Waals surface area contributed by atoms with Crippen LogP contribution in [0.3, 0.4) is 0 Å². The van der Waals surface area contributed by atoms with Gasteiger partial charge < -0.3 is 5.73 Å². The summed E-state index contributed by atoms with van der Waals surface area (Å²) in [6.45, 7) is 0.195. The van der Waals surface area contributed by atoms with Crippen LogP contribution in [0.25, 0.3) is 0 Å². The van der Waals surface area contributed by atoms with E-state index >= 15 is 0 Å². The van der Waals surface area contributed by atoms with Gasteiger partial charge in [-0.15, -0.1) is 0 Å². The molecule has 0 amide bonds. The minimum absolute atomic E-state index is 0.195. The molecule has 2 N–H and O–H groups in total. The molecule has 1 atom stereocenters. The SMILES string of the molecule is CN(C1CC1)C(CN)c1ccccc1C(F)(F)F. The van der Waals surface area contributed by atoms with Crippen LogP contribution in [0.4, 0.5) is 13.2 Å². The number of hydrogen-bond donors (Lipinski definition) is 1. The Kier molecular flexibility index (Phi) is 3.64. The molecule has 1 saturated carbocycles. The van der Waals surface area contributed by atoms with Gasteiger partial charge in [-0.2, -0.15) is 13.2 Å². The normalized spacial score (nSPS) is 18.1. The van der Waals surface area contributed by atoms with Crippen LogP contribution < -0.4 is 5.73 Å². The summed E-state index contributed by atoms with van der Waals surface area (Å²) in [5, 5.41) is 0. The van der Waals surface area contributed by atoms with Crippen molar-refractivity contribution in [3.8, 4) is 0 Å². The van der Waals surface area contributed by atoms with E-state index in [-0.39, 0.29) is 18.2 Å². The van der Waals surface area contributed by atoms with Gasteiger partial charge in [-0.1, -0.05) is 18.2 Å². The first-order valence-corrected chi connectivity index (χ1v) is 6.03. The average molecular weight is 258 g/mol. The molecule has 0 aromatic heterocycles. The molecular weight excluding hydrogens is 241 g/mol. The Bertz CT molecular complexity index is 413. The van der Waals surface area contributed by atoms with Crippen molar-refractivity contribution in [2.24, 2.45) is 5.73 Å². The van der Waals surface area contributed by atoms with Crippen molar-refractivity contribution in [1.29, 1.82) is 0 Å². The lowest BCUT2D eigenvalue weighted by molar-refractivity contribution is -0.138. The Labute approximate surface area is 105 Å². The number of hydrogen-bond acceptors (Lipinski definition) is 2. The second kappa shape index (κ2) is 4.90. The summed E-state index contributed by atoms with van der Waals surface area (Å²) < 4.78 is 38.9. The van der Waals surface area contributed by atoms with Crippen LogP contribution in [-0.4, -0.2) is 24.5 Å². The fraction of sp³-hybridized carbons (Fsp3) is 0.538. The van der Waals surface area contributed by atoms with Crippen molar-refractivity contribution >= 4 is 0 Å². The number of nitrogens with zero attached hydrogens (tertiary/aromatic N) is 1. The highest BCUT2D eigenvalue weighted by atomic mass is 19.4. The summed E-state index contributed by atoms with van der Waals surface area (Å²) in [6.07, 6.45) is -2.24. The van der Waals surface area contributed by atoms with Crippen molar-refractivity contribution in [3.05, 3.63) is 35.4 Å². The summed E-state index contributed by atoms with van der Waals surface area (Å²) in [5.41, 5.74) is 5.38. The molecule has 1 aromatic carbocycles. The Balaban J connectivity index is 2.35. The van der Waals surface area contributed by atoms with Crippen LogP contribution in [0.2, 0.25) is 0 Å². The van der Waals surface area contributed by atoms with Gasteiger partial charge >= 0.3 is 6.18 Å². The molecular formula is C13H17F3N2. The van der Waals surface area contributed by atoms with Crippen molar-refractivity contribution < 1.29 is 13.2 Å². The first-order chi connectivity index (χ1) is 8.45. The largest absolute Gasteiger partial charge is 0.416 e. The summed E-state index contributed by atoms with van der Waals surface area (Å²) in [5.74, 6) is 0. The molecule has 2 nitrogen and oxygen atoms in total. The molecule has 0 radical (unpaired) electrons. The van der Waals surface area contributed by atoms with Gasteiger partial charge in [0, 0.05) is 18.6 Å². The molecule has 1 aliphatic carbocycles. The number of nitrogens with two attached hydrogens (primary N) is 1. The number of rotatable bonds is 4. The van der Waals surface area contributed by atoms with E-state index in [1.54, 1.807) is 6.07 Å². The van der Waals surface area contributed by atoms with E-state index in [9.17, 15) is 13.2 Å². The van der Waals surface area contributed by atoms with Crippen LogP contribution in [0, 0.1) is 0 Å². The molecule has 2 rings (SSSR count). The zero-order valence-electron chi connectivity index (χ0n) is 10.2. The molecule has 0 heterocycles. The summed E-state index contributed by atoms with van der Waals surface area (Å²) >= 11 is 0. The lowest BCUT2D eigenvalue weighted by Crippen LogP contribution is -2.33. The first-order valence-electron chi connectivity index (χ1n) is 6.03. The Morgan fingerprint density at radius 1 is 1.33 bits per heavy atom. The van der Waals surface area contributed by atoms with Gasteiger partial charge in [0.2, 0.25) is 0 Å². The molecule has 0 saturated heterocycles. The minimum atomic E-state index is -4.32. The van der Waals surface area contributed by atoms with Gasteiger partial charge in [0.15, 0.2) is 0 Å². The molecule has 1 aliphatic rings. The zero-order valence-corrected chi connectivity index (χ0v) is 10.2. The summed E-state index contributed by atoms with van der Waals surface area (Å²) in [6, 6.07) is 5.71. The molecule has 100 valence electrons. The molecule has 0 bridgehead atoms. The van der Waals surface area contributed by atoms with E-state index in [0.717, 1.165) is 18.9 Å². The minimum Gasteiger partial charge on any atom is -0.329 e. The quantitative estimate of drug-likeness (QED) is 0.899. The fourth-order valence-corrected chi connectivity index (χ4v) is 2.29. The highest BCUT2D eigenvalue weighted by Crippen LogP contribution is 2.38. The van der Waals surface area contributed by atoms with Gasteiger partial charge in [-0.25, -0.2) is 0 Å². The third-order valence-electron chi connectivity index (χ3n) is 3.46. The van der Waals surface area contributed by atoms with Crippen LogP contribution in [0.15, 0.2) is 24.3 Å². The van der Waals surface area contributed by atoms with Crippen LogP contribution in [0.5, 0.6) is 0 Å². The monoisotopic (exact) mass is 258 g/mol. The van der Waals surface area contributed by atoms with E-state index < -0.39 is 11.7 Å². The fourth-order valence-electron chi connectivity index (χ4n) is 2.29. The first kappa shape index (κ1) is 13.4. The van der Waals surface area contributed by atoms with E-state index in [2.05, 4.69) is 0 Å². The maximum atomic E-state index is 13.0. The maximum Gasteiger partial charge on any atom is 0.416 e. The second-order valence-corrected chi connectivity index (χ2v) is 4.73. The van der Waals surface area contributed by atoms with E-state index in [1.807, 2.05) is 11.9 Å². The lowest BCUT2D eigenvalue weighted by atomic mass is 9.98. The highest BCUT2D eigenvalue weighted by molar-refractivity contribution is 5.33. The smallest absolute Gasteiger partial charge is 0.329 e. The van der Waals surface area contributed by atoms with Crippen molar-refractivity contribution in [2.45, 2.75) is 31.1 Å². The third-order valence-corrected chi connectivity index (χ3v) is 3.46. The van der Waals surface area contributed by atoms with Crippen molar-refractivity contribution in [3.63, 3.8) is 0 Å². The van der Waals surface area contributed by atoms with Gasteiger partial charge in [0.1, 0.15) is 0 Å². The van der Waals surface area contributed by atoms with E-state index in [1.165, 1.54) is 12.1 Å². The van der Waals surface area contributed by atoms with Crippen LogP contribution in [0.1, 0.15) is 30.0 Å². The van der Waals surface area contributed by atoms with E-state index in [0.29, 0.717) is 6.04 Å². The van der Waals surface area contributed by atoms with Crippen LogP contribution >= 0.6 is 0 Å².